The summed E-state index contributed by atoms with van der Waals surface area (Å²) >= 11 is 1.92. The Labute approximate surface area is 102 Å². The zero-order chi connectivity index (χ0) is 12.0. The zero-order valence-corrected chi connectivity index (χ0v) is 10.8. The molecule has 0 bridgehead atoms. The van der Waals surface area contributed by atoms with Gasteiger partial charge in [-0.1, -0.05) is 13.8 Å². The monoisotopic (exact) mass is 239 g/mol. The van der Waals surface area contributed by atoms with Crippen molar-refractivity contribution < 1.29 is 0 Å². The van der Waals surface area contributed by atoms with E-state index in [1.807, 2.05) is 24.0 Å². The van der Waals surface area contributed by atoms with Gasteiger partial charge < -0.3 is 11.5 Å². The first-order valence-corrected chi connectivity index (χ1v) is 6.73. The topological polar surface area (TPSA) is 64.9 Å². The molecule has 2 unspecified atom stereocenters. The van der Waals surface area contributed by atoms with E-state index in [0.29, 0.717) is 5.25 Å². The largest absolute Gasteiger partial charge is 0.398 e. The molecule has 0 spiro atoms. The van der Waals surface area contributed by atoms with Gasteiger partial charge in [0.25, 0.3) is 0 Å². The Bertz CT molecular complexity index is 317. The average Bonchev–Trinajstić information content (AvgIpc) is 2.29. The summed E-state index contributed by atoms with van der Waals surface area (Å²) in [6, 6.07) is 1.98. The molecule has 3 nitrogen and oxygen atoms in total. The van der Waals surface area contributed by atoms with Crippen molar-refractivity contribution >= 4 is 17.4 Å². The molecule has 0 saturated heterocycles. The molecular weight excluding hydrogens is 218 g/mol. The third-order valence-corrected chi connectivity index (χ3v) is 4.12. The van der Waals surface area contributed by atoms with Crippen LogP contribution in [0.5, 0.6) is 0 Å². The van der Waals surface area contributed by atoms with Crippen LogP contribution in [0.3, 0.4) is 0 Å². The third kappa shape index (κ3) is 4.41. The fourth-order valence-corrected chi connectivity index (χ4v) is 2.28. The Morgan fingerprint density at radius 3 is 2.88 bits per heavy atom. The van der Waals surface area contributed by atoms with Crippen molar-refractivity contribution in [2.45, 2.75) is 38.0 Å². The number of nitrogens with two attached hydrogens (primary N) is 2. The summed E-state index contributed by atoms with van der Waals surface area (Å²) < 4.78 is 0. The number of rotatable bonds is 6. The van der Waals surface area contributed by atoms with Crippen molar-refractivity contribution in [3.05, 3.63) is 24.0 Å². The highest BCUT2D eigenvalue weighted by atomic mass is 32.2. The van der Waals surface area contributed by atoms with E-state index < -0.39 is 0 Å². The van der Waals surface area contributed by atoms with Gasteiger partial charge in [0.1, 0.15) is 0 Å². The van der Waals surface area contributed by atoms with E-state index in [4.69, 9.17) is 11.5 Å². The normalized spacial score (nSPS) is 14.7. The zero-order valence-electron chi connectivity index (χ0n) is 10.0. The first-order valence-electron chi connectivity index (χ1n) is 5.69. The summed E-state index contributed by atoms with van der Waals surface area (Å²) in [6.45, 7) is 4.43. The molecule has 1 aromatic rings. The van der Waals surface area contributed by atoms with Gasteiger partial charge in [-0.2, -0.15) is 11.8 Å². The molecule has 90 valence electrons. The Balaban J connectivity index is 2.40. The van der Waals surface area contributed by atoms with Crippen molar-refractivity contribution in [1.82, 2.24) is 4.98 Å². The smallest absolute Gasteiger partial charge is 0.0378 e. The minimum Gasteiger partial charge on any atom is -0.398 e. The molecule has 1 rings (SSSR count). The maximum absolute atomic E-state index is 6.07. The molecule has 0 fully saturated rings. The minimum absolute atomic E-state index is 0.158. The highest BCUT2D eigenvalue weighted by molar-refractivity contribution is 7.99. The molecule has 1 aromatic heterocycles. The lowest BCUT2D eigenvalue weighted by Gasteiger charge is -2.15. The van der Waals surface area contributed by atoms with Crippen LogP contribution < -0.4 is 11.5 Å². The van der Waals surface area contributed by atoms with Gasteiger partial charge >= 0.3 is 0 Å². The van der Waals surface area contributed by atoms with Crippen LogP contribution in [0.25, 0.3) is 0 Å². The maximum Gasteiger partial charge on any atom is 0.0378 e. The highest BCUT2D eigenvalue weighted by Crippen LogP contribution is 2.17. The first-order chi connectivity index (χ1) is 7.63. The molecule has 4 N–H and O–H groups in total. The number of anilines is 1. The number of aromatic nitrogens is 1. The number of hydrogen-bond acceptors (Lipinski definition) is 4. The molecule has 16 heavy (non-hydrogen) atoms. The third-order valence-electron chi connectivity index (χ3n) is 2.59. The van der Waals surface area contributed by atoms with Crippen molar-refractivity contribution in [2.24, 2.45) is 5.73 Å². The highest BCUT2D eigenvalue weighted by Gasteiger charge is 2.08. The molecule has 0 amide bonds. The van der Waals surface area contributed by atoms with Crippen LogP contribution in [0.4, 0.5) is 5.69 Å². The fraction of sp³-hybridized carbons (Fsp3) is 0.583. The van der Waals surface area contributed by atoms with E-state index >= 15 is 0 Å². The van der Waals surface area contributed by atoms with Crippen molar-refractivity contribution in [1.29, 1.82) is 0 Å². The molecule has 0 aliphatic rings. The number of nitrogen functional groups attached to an aromatic ring is 1. The van der Waals surface area contributed by atoms with E-state index in [-0.39, 0.29) is 6.04 Å². The summed E-state index contributed by atoms with van der Waals surface area (Å²) in [4.78, 5) is 4.07. The molecule has 1 heterocycles. The number of pyridine rings is 1. The molecule has 0 aliphatic carbocycles. The molecule has 0 aliphatic heterocycles. The van der Waals surface area contributed by atoms with Crippen LogP contribution >= 0.6 is 11.8 Å². The molecule has 0 saturated carbocycles. The lowest BCUT2D eigenvalue weighted by molar-refractivity contribution is 0.744. The van der Waals surface area contributed by atoms with Crippen LogP contribution in [0.15, 0.2) is 18.5 Å². The van der Waals surface area contributed by atoms with E-state index in [9.17, 15) is 0 Å². The summed E-state index contributed by atoms with van der Waals surface area (Å²) in [5.74, 6) is 0.976. The van der Waals surface area contributed by atoms with Gasteiger partial charge in [-0.05, 0) is 24.5 Å². The standard InChI is InChI=1S/C12H21N3S/c1-3-9(2)16-8-11(13)6-10-7-15-5-4-12(10)14/h4-5,7,9,11H,3,6,8,13H2,1-2H3,(H2,14,15). The van der Waals surface area contributed by atoms with Crippen molar-refractivity contribution in [3.8, 4) is 0 Å². The van der Waals surface area contributed by atoms with Gasteiger partial charge in [0, 0.05) is 35.1 Å². The van der Waals surface area contributed by atoms with Gasteiger partial charge in [-0.15, -0.1) is 0 Å². The second kappa shape index (κ2) is 6.76. The predicted molar refractivity (Wildman–Crippen MR) is 72.5 cm³/mol. The fourth-order valence-electron chi connectivity index (χ4n) is 1.36. The van der Waals surface area contributed by atoms with E-state index in [1.165, 1.54) is 6.42 Å². The maximum atomic E-state index is 6.07. The van der Waals surface area contributed by atoms with Gasteiger partial charge in [0.05, 0.1) is 0 Å². The number of thioether (sulfide) groups is 1. The quantitative estimate of drug-likeness (QED) is 0.797. The van der Waals surface area contributed by atoms with Crippen molar-refractivity contribution in [2.75, 3.05) is 11.5 Å². The van der Waals surface area contributed by atoms with Crippen LogP contribution in [0.2, 0.25) is 0 Å². The summed E-state index contributed by atoms with van der Waals surface area (Å²) in [7, 11) is 0. The van der Waals surface area contributed by atoms with E-state index in [0.717, 1.165) is 23.4 Å². The Morgan fingerprint density at radius 2 is 2.25 bits per heavy atom. The molecule has 4 heteroatoms. The Kier molecular flexibility index (Phi) is 5.63. The second-order valence-corrected chi connectivity index (χ2v) is 5.56. The first kappa shape index (κ1) is 13.3. The summed E-state index contributed by atoms with van der Waals surface area (Å²) in [6.07, 6.45) is 5.51. The van der Waals surface area contributed by atoms with Crippen LogP contribution in [-0.4, -0.2) is 22.0 Å². The SMILES string of the molecule is CCC(C)SCC(N)Cc1cnccc1N. The van der Waals surface area contributed by atoms with Crippen LogP contribution in [0.1, 0.15) is 25.8 Å². The Morgan fingerprint density at radius 1 is 1.50 bits per heavy atom. The minimum atomic E-state index is 0.158. The summed E-state index contributed by atoms with van der Waals surface area (Å²) in [5.41, 5.74) is 13.8. The van der Waals surface area contributed by atoms with Gasteiger partial charge in [0.15, 0.2) is 0 Å². The lowest BCUT2D eigenvalue weighted by Crippen LogP contribution is -2.27. The summed E-state index contributed by atoms with van der Waals surface area (Å²) in [5, 5.41) is 0.678. The second-order valence-electron chi connectivity index (χ2n) is 4.09. The number of hydrogen-bond donors (Lipinski definition) is 2. The average molecular weight is 239 g/mol. The predicted octanol–water partition coefficient (Wildman–Crippen LogP) is 2.07. The van der Waals surface area contributed by atoms with Gasteiger partial charge in [-0.3, -0.25) is 4.98 Å². The van der Waals surface area contributed by atoms with Crippen LogP contribution in [0, 0.1) is 0 Å². The molecule has 2 atom stereocenters. The number of nitrogens with zero attached hydrogens (tertiary/aromatic N) is 1. The molecular formula is C12H21N3S. The lowest BCUT2D eigenvalue weighted by atomic mass is 10.1. The van der Waals surface area contributed by atoms with Crippen LogP contribution in [-0.2, 0) is 6.42 Å². The molecule has 0 radical (unpaired) electrons. The van der Waals surface area contributed by atoms with Crippen molar-refractivity contribution in [3.63, 3.8) is 0 Å². The van der Waals surface area contributed by atoms with E-state index in [2.05, 4.69) is 18.8 Å². The van der Waals surface area contributed by atoms with Gasteiger partial charge in [-0.25, -0.2) is 0 Å². The molecule has 0 aromatic carbocycles. The van der Waals surface area contributed by atoms with Gasteiger partial charge in [0.2, 0.25) is 0 Å². The van der Waals surface area contributed by atoms with E-state index in [1.54, 1.807) is 6.20 Å². The Hall–Kier alpha value is -0.740.